The first-order chi connectivity index (χ1) is 7.99. The number of hydrogen-bond donors (Lipinski definition) is 0. The summed E-state index contributed by atoms with van der Waals surface area (Å²) in [6.45, 7) is 9.54. The molecule has 0 fully saturated rings. The third-order valence-corrected chi connectivity index (χ3v) is 2.28. The summed E-state index contributed by atoms with van der Waals surface area (Å²) in [4.78, 5) is 22.5. The van der Waals surface area contributed by atoms with Gasteiger partial charge in [0.2, 0.25) is 0 Å². The second kappa shape index (κ2) is 8.79. The molecule has 98 valence electrons. The van der Waals surface area contributed by atoms with Crippen LogP contribution in [0.15, 0.2) is 12.2 Å². The first-order valence-electron chi connectivity index (χ1n) is 5.98. The second-order valence-electron chi connectivity index (χ2n) is 4.13. The monoisotopic (exact) mass is 242 g/mol. The minimum atomic E-state index is -0.420. The molecule has 0 saturated carbocycles. The Morgan fingerprint density at radius 2 is 1.88 bits per heavy atom. The molecule has 0 rings (SSSR count). The van der Waals surface area contributed by atoms with Crippen LogP contribution < -0.4 is 0 Å². The fourth-order valence-corrected chi connectivity index (χ4v) is 1.03. The van der Waals surface area contributed by atoms with E-state index in [1.165, 1.54) is 0 Å². The van der Waals surface area contributed by atoms with Gasteiger partial charge in [-0.15, -0.1) is 0 Å². The van der Waals surface area contributed by atoms with E-state index in [0.29, 0.717) is 18.6 Å². The fraction of sp³-hybridized carbons (Fsp3) is 0.692. The van der Waals surface area contributed by atoms with E-state index in [-0.39, 0.29) is 18.5 Å². The zero-order valence-corrected chi connectivity index (χ0v) is 11.0. The van der Waals surface area contributed by atoms with Gasteiger partial charge in [-0.3, -0.25) is 4.79 Å². The van der Waals surface area contributed by atoms with Crippen molar-refractivity contribution in [1.29, 1.82) is 0 Å². The van der Waals surface area contributed by atoms with Crippen molar-refractivity contribution in [3.05, 3.63) is 12.2 Å². The molecule has 4 nitrogen and oxygen atoms in total. The van der Waals surface area contributed by atoms with E-state index in [1.54, 1.807) is 13.8 Å². The summed E-state index contributed by atoms with van der Waals surface area (Å²) in [7, 11) is 0. The average molecular weight is 242 g/mol. The molecule has 0 heterocycles. The van der Waals surface area contributed by atoms with Crippen molar-refractivity contribution in [3.8, 4) is 0 Å². The van der Waals surface area contributed by atoms with Crippen LogP contribution in [0.3, 0.4) is 0 Å². The normalized spacial score (nSPS) is 11.7. The molecule has 0 bridgehead atoms. The summed E-state index contributed by atoms with van der Waals surface area (Å²) in [5, 5.41) is 0. The molecule has 0 amide bonds. The number of unbranched alkanes of at least 4 members (excludes halogenated alkanes) is 1. The van der Waals surface area contributed by atoms with Crippen LogP contribution in [-0.2, 0) is 19.1 Å². The highest BCUT2D eigenvalue weighted by atomic mass is 16.5. The second-order valence-corrected chi connectivity index (χ2v) is 4.13. The lowest BCUT2D eigenvalue weighted by molar-refractivity contribution is -0.150. The molecule has 4 heteroatoms. The van der Waals surface area contributed by atoms with Gasteiger partial charge in [0.05, 0.1) is 19.1 Å². The fourth-order valence-electron chi connectivity index (χ4n) is 1.03. The maximum absolute atomic E-state index is 11.4. The smallest absolute Gasteiger partial charge is 0.333 e. The summed E-state index contributed by atoms with van der Waals surface area (Å²) in [6, 6.07) is 0. The van der Waals surface area contributed by atoms with E-state index < -0.39 is 5.97 Å². The highest BCUT2D eigenvalue weighted by Crippen LogP contribution is 2.06. The molecule has 0 saturated heterocycles. The Morgan fingerprint density at radius 1 is 1.24 bits per heavy atom. The molecule has 0 aromatic heterocycles. The lowest BCUT2D eigenvalue weighted by atomic mass is 10.1. The Balaban J connectivity index is 3.70. The van der Waals surface area contributed by atoms with Gasteiger partial charge in [0, 0.05) is 5.57 Å². The third kappa shape index (κ3) is 7.55. The van der Waals surface area contributed by atoms with Crippen molar-refractivity contribution >= 4 is 11.9 Å². The van der Waals surface area contributed by atoms with E-state index >= 15 is 0 Å². The van der Waals surface area contributed by atoms with Gasteiger partial charge in [-0.2, -0.15) is 0 Å². The number of ether oxygens (including phenoxy) is 2. The van der Waals surface area contributed by atoms with Gasteiger partial charge in [-0.1, -0.05) is 26.8 Å². The predicted octanol–water partition coefficient (Wildman–Crippen LogP) is 2.48. The van der Waals surface area contributed by atoms with Gasteiger partial charge in [-0.25, -0.2) is 4.79 Å². The summed E-state index contributed by atoms with van der Waals surface area (Å²) in [5.74, 6) is -0.897. The van der Waals surface area contributed by atoms with Gasteiger partial charge in [-0.05, 0) is 19.8 Å². The average Bonchev–Trinajstić information content (AvgIpc) is 2.28. The Kier molecular flexibility index (Phi) is 8.11. The molecule has 0 spiro atoms. The van der Waals surface area contributed by atoms with E-state index in [0.717, 1.165) is 12.8 Å². The van der Waals surface area contributed by atoms with Crippen molar-refractivity contribution in [1.82, 2.24) is 0 Å². The number of rotatable bonds is 8. The quantitative estimate of drug-likeness (QED) is 0.373. The summed E-state index contributed by atoms with van der Waals surface area (Å²) >= 11 is 0. The van der Waals surface area contributed by atoms with Crippen molar-refractivity contribution < 1.29 is 19.1 Å². The van der Waals surface area contributed by atoms with E-state index in [9.17, 15) is 9.59 Å². The zero-order chi connectivity index (χ0) is 13.3. The van der Waals surface area contributed by atoms with Gasteiger partial charge in [0.25, 0.3) is 0 Å². The number of carbonyl (C=O) groups excluding carboxylic acids is 2. The number of carbonyl (C=O) groups is 2. The van der Waals surface area contributed by atoms with Gasteiger partial charge < -0.3 is 9.47 Å². The van der Waals surface area contributed by atoms with Crippen molar-refractivity contribution in [2.75, 3.05) is 13.2 Å². The van der Waals surface area contributed by atoms with Gasteiger partial charge in [0.15, 0.2) is 0 Å². The Hall–Kier alpha value is -1.32. The molecule has 0 aliphatic heterocycles. The molecular formula is C13H22O4. The molecule has 0 aliphatic carbocycles. The number of hydrogen-bond acceptors (Lipinski definition) is 4. The molecule has 0 N–H and O–H groups in total. The lowest BCUT2D eigenvalue weighted by Gasteiger charge is -2.11. The minimum Gasteiger partial charge on any atom is -0.465 e. The Bertz CT molecular complexity index is 271. The molecule has 17 heavy (non-hydrogen) atoms. The molecule has 0 aromatic rings. The van der Waals surface area contributed by atoms with Crippen molar-refractivity contribution in [2.24, 2.45) is 5.92 Å². The molecule has 1 unspecified atom stereocenters. The van der Waals surface area contributed by atoms with Crippen LogP contribution in [0.2, 0.25) is 0 Å². The Labute approximate surface area is 103 Å². The first-order valence-corrected chi connectivity index (χ1v) is 5.98. The molecule has 0 aliphatic rings. The van der Waals surface area contributed by atoms with E-state index in [2.05, 4.69) is 6.58 Å². The summed E-state index contributed by atoms with van der Waals surface area (Å²) < 4.78 is 9.96. The van der Waals surface area contributed by atoms with Crippen LogP contribution in [0.1, 0.15) is 40.0 Å². The summed E-state index contributed by atoms with van der Waals surface area (Å²) in [6.07, 6.45) is 2.35. The number of esters is 2. The van der Waals surface area contributed by atoms with E-state index in [1.807, 2.05) is 6.92 Å². The largest absolute Gasteiger partial charge is 0.465 e. The van der Waals surface area contributed by atoms with Gasteiger partial charge >= 0.3 is 11.9 Å². The van der Waals surface area contributed by atoms with Gasteiger partial charge in [0.1, 0.15) is 0 Å². The third-order valence-electron chi connectivity index (χ3n) is 2.28. The van der Waals surface area contributed by atoms with Crippen molar-refractivity contribution in [2.45, 2.75) is 40.0 Å². The first kappa shape index (κ1) is 15.7. The Morgan fingerprint density at radius 3 is 2.41 bits per heavy atom. The van der Waals surface area contributed by atoms with Crippen LogP contribution in [0.25, 0.3) is 0 Å². The summed E-state index contributed by atoms with van der Waals surface area (Å²) in [5.41, 5.74) is 0.364. The molecule has 1 atom stereocenters. The zero-order valence-electron chi connectivity index (χ0n) is 11.0. The SMILES string of the molecule is C=C(C)C(=O)OCCC(C)C(=O)OCCCC. The van der Waals surface area contributed by atoms with Crippen LogP contribution in [0.5, 0.6) is 0 Å². The highest BCUT2D eigenvalue weighted by Gasteiger charge is 2.15. The lowest BCUT2D eigenvalue weighted by Crippen LogP contribution is -2.18. The van der Waals surface area contributed by atoms with Crippen molar-refractivity contribution in [3.63, 3.8) is 0 Å². The van der Waals surface area contributed by atoms with Crippen LogP contribution in [-0.4, -0.2) is 25.2 Å². The van der Waals surface area contributed by atoms with Crippen LogP contribution in [0.4, 0.5) is 0 Å². The highest BCUT2D eigenvalue weighted by molar-refractivity contribution is 5.86. The minimum absolute atomic E-state index is 0.218. The molecule has 0 aromatic carbocycles. The molecule has 0 radical (unpaired) electrons. The van der Waals surface area contributed by atoms with Crippen LogP contribution in [0, 0.1) is 5.92 Å². The predicted molar refractivity (Wildman–Crippen MR) is 65.4 cm³/mol. The molecular weight excluding hydrogens is 220 g/mol. The topological polar surface area (TPSA) is 52.6 Å². The maximum Gasteiger partial charge on any atom is 0.333 e. The maximum atomic E-state index is 11.4. The van der Waals surface area contributed by atoms with E-state index in [4.69, 9.17) is 9.47 Å². The van der Waals surface area contributed by atoms with Crippen LogP contribution >= 0.6 is 0 Å². The standard InChI is InChI=1S/C13H22O4/c1-5-6-8-16-13(15)11(4)7-9-17-12(14)10(2)3/h11H,2,5-9H2,1,3-4H3.